The first kappa shape index (κ1) is 16.8. The van der Waals surface area contributed by atoms with Gasteiger partial charge in [-0.25, -0.2) is 0 Å². The van der Waals surface area contributed by atoms with Gasteiger partial charge in [-0.1, -0.05) is 18.2 Å². The van der Waals surface area contributed by atoms with Crippen LogP contribution < -0.4 is 0 Å². The second-order valence-electron chi connectivity index (χ2n) is 6.75. The predicted octanol–water partition coefficient (Wildman–Crippen LogP) is 3.60. The summed E-state index contributed by atoms with van der Waals surface area (Å²) in [5, 5.41) is 8.35. The number of aromatic nitrogens is 2. The molecule has 0 amide bonds. The Balaban J connectivity index is 1.51. The van der Waals surface area contributed by atoms with Gasteiger partial charge in [-0.3, -0.25) is 14.8 Å². The zero-order valence-corrected chi connectivity index (χ0v) is 14.9. The standard InChI is InChI=1S/C20H23N3O3/c1-2-25-20(24)15-7-5-9-23(12-15)13-16-11-21-22-19(16)18-10-14-6-3-4-8-17(14)26-18/h3-4,6,8,10-11,15H,2,5,7,9,12-13H2,1H3,(H,21,22)/t15-/m0/s1. The topological polar surface area (TPSA) is 71.4 Å². The average molecular weight is 353 g/mol. The van der Waals surface area contributed by atoms with Gasteiger partial charge in [0.05, 0.1) is 18.7 Å². The van der Waals surface area contributed by atoms with Crippen molar-refractivity contribution in [1.29, 1.82) is 0 Å². The average Bonchev–Trinajstić information content (AvgIpc) is 3.28. The van der Waals surface area contributed by atoms with Crippen molar-refractivity contribution in [1.82, 2.24) is 15.1 Å². The first-order chi connectivity index (χ1) is 12.7. The Morgan fingerprint density at radius 2 is 2.31 bits per heavy atom. The number of ether oxygens (including phenoxy) is 1. The van der Waals surface area contributed by atoms with Gasteiger partial charge in [0.1, 0.15) is 11.3 Å². The smallest absolute Gasteiger partial charge is 0.310 e. The van der Waals surface area contributed by atoms with Crippen LogP contribution in [0.3, 0.4) is 0 Å². The lowest BCUT2D eigenvalue weighted by molar-refractivity contribution is -0.150. The molecule has 0 spiro atoms. The lowest BCUT2D eigenvalue weighted by Gasteiger charge is -2.31. The van der Waals surface area contributed by atoms with Gasteiger partial charge in [-0.05, 0) is 38.4 Å². The zero-order chi connectivity index (χ0) is 17.9. The van der Waals surface area contributed by atoms with Crippen molar-refractivity contribution in [3.63, 3.8) is 0 Å². The fourth-order valence-corrected chi connectivity index (χ4v) is 3.64. The highest BCUT2D eigenvalue weighted by atomic mass is 16.5. The van der Waals surface area contributed by atoms with Gasteiger partial charge in [-0.2, -0.15) is 5.10 Å². The minimum atomic E-state index is -0.0816. The summed E-state index contributed by atoms with van der Waals surface area (Å²) in [6.07, 6.45) is 3.74. The SMILES string of the molecule is CCOC(=O)[C@H]1CCCN(Cc2cn[nH]c2-c2cc3ccccc3o2)C1. The van der Waals surface area contributed by atoms with Gasteiger partial charge in [-0.15, -0.1) is 0 Å². The van der Waals surface area contributed by atoms with Crippen molar-refractivity contribution in [2.24, 2.45) is 5.92 Å². The van der Waals surface area contributed by atoms with E-state index in [4.69, 9.17) is 9.15 Å². The summed E-state index contributed by atoms with van der Waals surface area (Å²) in [5.74, 6) is 0.671. The maximum atomic E-state index is 12.1. The number of hydrogen-bond acceptors (Lipinski definition) is 5. The number of carbonyl (C=O) groups excluding carboxylic acids is 1. The third-order valence-corrected chi connectivity index (χ3v) is 4.91. The molecule has 1 atom stereocenters. The molecule has 3 heterocycles. The van der Waals surface area contributed by atoms with Gasteiger partial charge in [0.2, 0.25) is 0 Å². The largest absolute Gasteiger partial charge is 0.466 e. The van der Waals surface area contributed by atoms with Crippen molar-refractivity contribution >= 4 is 16.9 Å². The number of fused-ring (bicyclic) bond motifs is 1. The summed E-state index contributed by atoms with van der Waals surface area (Å²) in [6.45, 7) is 4.72. The molecule has 136 valence electrons. The number of likely N-dealkylation sites (tertiary alicyclic amines) is 1. The van der Waals surface area contributed by atoms with Crippen LogP contribution in [0.5, 0.6) is 0 Å². The molecule has 4 rings (SSSR count). The van der Waals surface area contributed by atoms with Crippen molar-refractivity contribution < 1.29 is 13.9 Å². The molecule has 6 nitrogen and oxygen atoms in total. The number of hydrogen-bond donors (Lipinski definition) is 1. The molecule has 6 heteroatoms. The highest BCUT2D eigenvalue weighted by Crippen LogP contribution is 2.30. The molecule has 0 radical (unpaired) electrons. The summed E-state index contributed by atoms with van der Waals surface area (Å²) in [4.78, 5) is 14.3. The number of esters is 1. The number of carbonyl (C=O) groups is 1. The highest BCUT2D eigenvalue weighted by molar-refractivity contribution is 5.82. The number of para-hydroxylation sites is 1. The summed E-state index contributed by atoms with van der Waals surface area (Å²) in [6, 6.07) is 9.99. The fourth-order valence-electron chi connectivity index (χ4n) is 3.64. The fraction of sp³-hybridized carbons (Fsp3) is 0.400. The quantitative estimate of drug-likeness (QED) is 0.710. The molecule has 1 N–H and O–H groups in total. The van der Waals surface area contributed by atoms with E-state index in [0.717, 1.165) is 60.5 Å². The molecule has 1 aliphatic heterocycles. The maximum absolute atomic E-state index is 12.1. The Kier molecular flexibility index (Phi) is 4.75. The van der Waals surface area contributed by atoms with Crippen LogP contribution in [0.4, 0.5) is 0 Å². The van der Waals surface area contributed by atoms with E-state index in [1.54, 1.807) is 0 Å². The number of nitrogens with zero attached hydrogens (tertiary/aromatic N) is 2. The normalized spacial score (nSPS) is 18.3. The third kappa shape index (κ3) is 3.37. The second kappa shape index (κ2) is 7.33. The molecular weight excluding hydrogens is 330 g/mol. The maximum Gasteiger partial charge on any atom is 0.310 e. The number of piperidine rings is 1. The minimum Gasteiger partial charge on any atom is -0.466 e. The van der Waals surface area contributed by atoms with Crippen LogP contribution in [0.25, 0.3) is 22.4 Å². The molecule has 0 bridgehead atoms. The lowest BCUT2D eigenvalue weighted by Crippen LogP contribution is -2.38. The van der Waals surface area contributed by atoms with E-state index in [0.29, 0.717) is 6.61 Å². The van der Waals surface area contributed by atoms with Crippen LogP contribution in [0.15, 0.2) is 40.9 Å². The molecule has 0 unspecified atom stereocenters. The van der Waals surface area contributed by atoms with Gasteiger partial charge in [0.25, 0.3) is 0 Å². The number of nitrogens with one attached hydrogen (secondary N) is 1. The summed E-state index contributed by atoms with van der Waals surface area (Å²) >= 11 is 0. The third-order valence-electron chi connectivity index (χ3n) is 4.91. The number of benzene rings is 1. The number of H-pyrrole nitrogens is 1. The summed E-state index contributed by atoms with van der Waals surface area (Å²) in [5.41, 5.74) is 2.84. The van der Waals surface area contributed by atoms with E-state index in [1.165, 1.54) is 0 Å². The highest BCUT2D eigenvalue weighted by Gasteiger charge is 2.27. The van der Waals surface area contributed by atoms with Crippen LogP contribution in [-0.4, -0.2) is 40.8 Å². The number of aromatic amines is 1. The molecule has 1 aromatic carbocycles. The molecule has 0 saturated carbocycles. The van der Waals surface area contributed by atoms with E-state index < -0.39 is 0 Å². The Bertz CT molecular complexity index is 865. The predicted molar refractivity (Wildman–Crippen MR) is 98.4 cm³/mol. The molecule has 1 fully saturated rings. The number of rotatable bonds is 5. The minimum absolute atomic E-state index is 0.0368. The Morgan fingerprint density at radius 1 is 1.42 bits per heavy atom. The molecule has 26 heavy (non-hydrogen) atoms. The van der Waals surface area contributed by atoms with E-state index in [-0.39, 0.29) is 11.9 Å². The molecule has 1 aliphatic rings. The van der Waals surface area contributed by atoms with Gasteiger partial charge < -0.3 is 9.15 Å². The van der Waals surface area contributed by atoms with E-state index in [1.807, 2.05) is 43.5 Å². The monoisotopic (exact) mass is 353 g/mol. The zero-order valence-electron chi connectivity index (χ0n) is 14.9. The lowest BCUT2D eigenvalue weighted by atomic mass is 9.97. The van der Waals surface area contributed by atoms with Crippen molar-refractivity contribution in [2.75, 3.05) is 19.7 Å². The van der Waals surface area contributed by atoms with Crippen LogP contribution >= 0.6 is 0 Å². The van der Waals surface area contributed by atoms with E-state index >= 15 is 0 Å². The van der Waals surface area contributed by atoms with Crippen molar-refractivity contribution in [3.8, 4) is 11.5 Å². The first-order valence-corrected chi connectivity index (χ1v) is 9.14. The number of furan rings is 1. The van der Waals surface area contributed by atoms with Gasteiger partial charge in [0, 0.05) is 24.0 Å². The molecule has 2 aromatic heterocycles. The molecule has 0 aliphatic carbocycles. The van der Waals surface area contributed by atoms with E-state index in [9.17, 15) is 4.79 Å². The van der Waals surface area contributed by atoms with Gasteiger partial charge in [0.15, 0.2) is 5.76 Å². The second-order valence-corrected chi connectivity index (χ2v) is 6.75. The van der Waals surface area contributed by atoms with Crippen LogP contribution in [-0.2, 0) is 16.1 Å². The molecule has 3 aromatic rings. The Labute approximate surface area is 152 Å². The molecular formula is C20H23N3O3. The van der Waals surface area contributed by atoms with Crippen LogP contribution in [0.1, 0.15) is 25.3 Å². The summed E-state index contributed by atoms with van der Waals surface area (Å²) < 4.78 is 11.2. The summed E-state index contributed by atoms with van der Waals surface area (Å²) in [7, 11) is 0. The Morgan fingerprint density at radius 3 is 3.15 bits per heavy atom. The van der Waals surface area contributed by atoms with Crippen molar-refractivity contribution in [3.05, 3.63) is 42.1 Å². The van der Waals surface area contributed by atoms with E-state index in [2.05, 4.69) is 15.1 Å². The first-order valence-electron chi connectivity index (χ1n) is 9.14. The van der Waals surface area contributed by atoms with Crippen LogP contribution in [0, 0.1) is 5.92 Å². The van der Waals surface area contributed by atoms with Crippen LogP contribution in [0.2, 0.25) is 0 Å². The van der Waals surface area contributed by atoms with Gasteiger partial charge >= 0.3 is 5.97 Å². The Hall–Kier alpha value is -2.60. The molecule has 1 saturated heterocycles. The van der Waals surface area contributed by atoms with Crippen molar-refractivity contribution in [2.45, 2.75) is 26.3 Å².